The second-order valence-electron chi connectivity index (χ2n) is 7.50. The molecular weight excluding hydrogens is 428 g/mol. The Morgan fingerprint density at radius 2 is 1.73 bits per heavy atom. The average molecular weight is 448 g/mol. The smallest absolute Gasteiger partial charge is 0.312 e. The zero-order valence-electron chi connectivity index (χ0n) is 18.2. The van der Waals surface area contributed by atoms with E-state index in [1.54, 1.807) is 48.7 Å². The lowest BCUT2D eigenvalue weighted by atomic mass is 9.88. The third kappa shape index (κ3) is 3.40. The van der Waals surface area contributed by atoms with Crippen LogP contribution in [0.2, 0.25) is 0 Å². The van der Waals surface area contributed by atoms with Crippen molar-refractivity contribution in [3.63, 3.8) is 0 Å². The van der Waals surface area contributed by atoms with E-state index in [0.29, 0.717) is 51.2 Å². The van der Waals surface area contributed by atoms with Crippen LogP contribution in [0, 0.1) is 0 Å². The van der Waals surface area contributed by atoms with E-state index in [4.69, 9.17) is 28.1 Å². The molecule has 0 fully saturated rings. The monoisotopic (exact) mass is 448 g/mol. The van der Waals surface area contributed by atoms with Gasteiger partial charge in [0.1, 0.15) is 17.3 Å². The number of methoxy groups -OCH3 is 3. The highest BCUT2D eigenvalue weighted by atomic mass is 16.5. The van der Waals surface area contributed by atoms with Gasteiger partial charge >= 0.3 is 5.97 Å². The Kier molecular flexibility index (Phi) is 5.05. The summed E-state index contributed by atoms with van der Waals surface area (Å²) in [6, 6.07) is 10.2. The number of esters is 1. The van der Waals surface area contributed by atoms with Crippen molar-refractivity contribution in [3.8, 4) is 28.7 Å². The van der Waals surface area contributed by atoms with E-state index in [2.05, 4.69) is 0 Å². The van der Waals surface area contributed by atoms with Crippen LogP contribution in [0.25, 0.3) is 6.08 Å². The van der Waals surface area contributed by atoms with Gasteiger partial charge in [-0.1, -0.05) is 0 Å². The highest BCUT2D eigenvalue weighted by Crippen LogP contribution is 2.49. The molecule has 0 amide bonds. The predicted molar refractivity (Wildman–Crippen MR) is 116 cm³/mol. The van der Waals surface area contributed by atoms with Crippen molar-refractivity contribution in [2.24, 2.45) is 0 Å². The van der Waals surface area contributed by atoms with E-state index >= 15 is 0 Å². The maximum absolute atomic E-state index is 13.2. The minimum atomic E-state index is -0.417. The largest absolute Gasteiger partial charge is 0.493 e. The number of carbonyl (C=O) groups excluding carboxylic acids is 2. The Morgan fingerprint density at radius 1 is 0.970 bits per heavy atom. The Balaban J connectivity index is 1.59. The van der Waals surface area contributed by atoms with Crippen molar-refractivity contribution in [2.75, 3.05) is 21.3 Å². The molecule has 1 unspecified atom stereocenters. The molecule has 0 radical (unpaired) electrons. The van der Waals surface area contributed by atoms with Gasteiger partial charge in [-0.3, -0.25) is 9.59 Å². The fourth-order valence-electron chi connectivity index (χ4n) is 4.17. The zero-order valence-corrected chi connectivity index (χ0v) is 18.2. The van der Waals surface area contributed by atoms with Gasteiger partial charge in [0.15, 0.2) is 17.3 Å². The SMILES string of the molecule is COc1cc(C=C2Oc3c(ccc4c3C(c3ccco3)CC(=O)O4)C2=O)cc(OC)c1OC. The van der Waals surface area contributed by atoms with Crippen molar-refractivity contribution < 1.29 is 37.7 Å². The summed E-state index contributed by atoms with van der Waals surface area (Å²) in [6.07, 6.45) is 3.23. The van der Waals surface area contributed by atoms with Gasteiger partial charge in [0, 0.05) is 5.56 Å². The summed E-state index contributed by atoms with van der Waals surface area (Å²) in [7, 11) is 4.55. The van der Waals surface area contributed by atoms with Crippen molar-refractivity contribution in [2.45, 2.75) is 12.3 Å². The molecule has 3 aromatic rings. The Morgan fingerprint density at radius 3 is 2.36 bits per heavy atom. The number of hydrogen-bond donors (Lipinski definition) is 0. The number of Topliss-reactive ketones (excluding diaryl/α,β-unsaturated/α-hetero) is 1. The first-order chi connectivity index (χ1) is 16.0. The highest BCUT2D eigenvalue weighted by Gasteiger charge is 2.39. The highest BCUT2D eigenvalue weighted by molar-refractivity contribution is 6.15. The number of hydrogen-bond acceptors (Lipinski definition) is 8. The van der Waals surface area contributed by atoms with E-state index in [-0.39, 0.29) is 23.9 Å². The van der Waals surface area contributed by atoms with Crippen LogP contribution in [0.5, 0.6) is 28.7 Å². The van der Waals surface area contributed by atoms with Crippen LogP contribution in [0.15, 0.2) is 52.8 Å². The van der Waals surface area contributed by atoms with Crippen molar-refractivity contribution in [1.82, 2.24) is 0 Å². The van der Waals surface area contributed by atoms with E-state index < -0.39 is 5.92 Å². The summed E-state index contributed by atoms with van der Waals surface area (Å²) < 4.78 is 33.2. The first-order valence-corrected chi connectivity index (χ1v) is 10.2. The molecule has 0 bridgehead atoms. The lowest BCUT2D eigenvalue weighted by molar-refractivity contribution is -0.135. The van der Waals surface area contributed by atoms with E-state index in [1.807, 2.05) is 0 Å². The third-order valence-electron chi connectivity index (χ3n) is 5.65. The molecule has 33 heavy (non-hydrogen) atoms. The number of fused-ring (bicyclic) bond motifs is 3. The summed E-state index contributed by atoms with van der Waals surface area (Å²) in [5.41, 5.74) is 1.63. The fourth-order valence-corrected chi connectivity index (χ4v) is 4.17. The quantitative estimate of drug-likeness (QED) is 0.323. The van der Waals surface area contributed by atoms with Crippen LogP contribution >= 0.6 is 0 Å². The van der Waals surface area contributed by atoms with Gasteiger partial charge in [0.25, 0.3) is 0 Å². The molecule has 0 spiro atoms. The summed E-state index contributed by atoms with van der Waals surface area (Å²) in [5.74, 6) is 1.72. The molecule has 0 N–H and O–H groups in total. The van der Waals surface area contributed by atoms with Crippen LogP contribution in [0.3, 0.4) is 0 Å². The van der Waals surface area contributed by atoms with Gasteiger partial charge in [-0.15, -0.1) is 0 Å². The second-order valence-corrected chi connectivity index (χ2v) is 7.50. The summed E-state index contributed by atoms with van der Waals surface area (Å²) in [4.78, 5) is 25.3. The van der Waals surface area contributed by atoms with Gasteiger partial charge in [-0.05, 0) is 48.0 Å². The van der Waals surface area contributed by atoms with Crippen LogP contribution in [0.4, 0.5) is 0 Å². The van der Waals surface area contributed by atoms with E-state index in [9.17, 15) is 9.59 Å². The molecule has 0 saturated carbocycles. The summed E-state index contributed by atoms with van der Waals surface area (Å²) >= 11 is 0. The zero-order chi connectivity index (χ0) is 23.1. The van der Waals surface area contributed by atoms with Crippen LogP contribution < -0.4 is 23.7 Å². The van der Waals surface area contributed by atoms with E-state index in [0.717, 1.165) is 0 Å². The average Bonchev–Trinajstić information content (AvgIpc) is 3.46. The Hall–Kier alpha value is -4.20. The molecule has 5 rings (SSSR count). The number of ether oxygens (including phenoxy) is 5. The van der Waals surface area contributed by atoms with Crippen molar-refractivity contribution >= 4 is 17.8 Å². The number of ketones is 1. The molecule has 2 aromatic carbocycles. The Bertz CT molecular complexity index is 1260. The van der Waals surface area contributed by atoms with Crippen LogP contribution in [0.1, 0.15) is 39.6 Å². The number of furan rings is 1. The third-order valence-corrected chi connectivity index (χ3v) is 5.65. The molecule has 168 valence electrons. The van der Waals surface area contributed by atoms with Gasteiger partial charge < -0.3 is 28.1 Å². The van der Waals surface area contributed by atoms with Crippen molar-refractivity contribution in [1.29, 1.82) is 0 Å². The lowest BCUT2D eigenvalue weighted by Crippen LogP contribution is -2.21. The predicted octanol–water partition coefficient (Wildman–Crippen LogP) is 4.36. The molecule has 0 saturated heterocycles. The molecule has 1 atom stereocenters. The van der Waals surface area contributed by atoms with Crippen LogP contribution in [-0.2, 0) is 4.79 Å². The summed E-state index contributed by atoms with van der Waals surface area (Å²) in [5, 5.41) is 0. The first kappa shape index (κ1) is 20.7. The fraction of sp³-hybridized carbons (Fsp3) is 0.200. The molecule has 8 nitrogen and oxygen atoms in total. The first-order valence-electron chi connectivity index (χ1n) is 10.2. The Labute approximate surface area is 189 Å². The normalized spacial score (nSPS) is 17.8. The molecule has 8 heteroatoms. The molecule has 1 aromatic heterocycles. The van der Waals surface area contributed by atoms with Gasteiger partial charge in [-0.2, -0.15) is 0 Å². The number of benzene rings is 2. The minimum Gasteiger partial charge on any atom is -0.493 e. The molecule has 2 aliphatic rings. The molecule has 2 aliphatic heterocycles. The number of allylic oxidation sites excluding steroid dienone is 1. The topological polar surface area (TPSA) is 93.4 Å². The van der Waals surface area contributed by atoms with Crippen molar-refractivity contribution in [3.05, 3.63) is 70.9 Å². The standard InChI is InChI=1S/C25H20O8/c1-28-19-10-13(11-20(29-2)25(19)30-3)9-18-23(27)14-6-7-17-22(24(14)33-18)15(12-21(26)32-17)16-5-4-8-31-16/h4-11,15H,12H2,1-3H3. The minimum absolute atomic E-state index is 0.0838. The molecule has 3 heterocycles. The van der Waals surface area contributed by atoms with Gasteiger partial charge in [0.05, 0.1) is 45.5 Å². The lowest BCUT2D eigenvalue weighted by Gasteiger charge is -2.24. The van der Waals surface area contributed by atoms with Crippen LogP contribution in [-0.4, -0.2) is 33.1 Å². The van der Waals surface area contributed by atoms with Gasteiger partial charge in [0.2, 0.25) is 11.5 Å². The maximum atomic E-state index is 13.2. The second kappa shape index (κ2) is 8.05. The molecule has 0 aliphatic carbocycles. The number of rotatable bonds is 5. The van der Waals surface area contributed by atoms with E-state index in [1.165, 1.54) is 21.3 Å². The maximum Gasteiger partial charge on any atom is 0.312 e. The molecular formula is C25H20O8. The summed E-state index contributed by atoms with van der Waals surface area (Å²) in [6.45, 7) is 0. The van der Waals surface area contributed by atoms with Gasteiger partial charge in [-0.25, -0.2) is 0 Å². The number of carbonyl (C=O) groups is 2.